The van der Waals surface area contributed by atoms with Crippen LogP contribution in [0.4, 0.5) is 11.6 Å². The number of amides is 1. The zero-order valence-electron chi connectivity index (χ0n) is 17.8. The molecule has 1 amide bonds. The van der Waals surface area contributed by atoms with Crippen LogP contribution in [0.3, 0.4) is 0 Å². The summed E-state index contributed by atoms with van der Waals surface area (Å²) in [6.07, 6.45) is 0. The molecule has 0 fully saturated rings. The monoisotopic (exact) mass is 502 g/mol. The van der Waals surface area contributed by atoms with Gasteiger partial charge in [-0.05, 0) is 62.4 Å². The van der Waals surface area contributed by atoms with Gasteiger partial charge >= 0.3 is 0 Å². The number of thiophene rings is 1. The number of anilines is 2. The molecule has 0 saturated heterocycles. The lowest BCUT2D eigenvalue weighted by Gasteiger charge is -2.09. The van der Waals surface area contributed by atoms with Gasteiger partial charge in [-0.3, -0.25) is 4.79 Å². The van der Waals surface area contributed by atoms with Gasteiger partial charge in [-0.2, -0.15) is 0 Å². The molecule has 0 aliphatic heterocycles. The van der Waals surface area contributed by atoms with E-state index < -0.39 is 15.9 Å². The Kier molecular flexibility index (Phi) is 6.24. The van der Waals surface area contributed by atoms with Gasteiger partial charge in [-0.1, -0.05) is 11.6 Å². The van der Waals surface area contributed by atoms with E-state index >= 15 is 0 Å². The zero-order chi connectivity index (χ0) is 23.8. The molecule has 11 heteroatoms. The minimum Gasteiger partial charge on any atom is -0.497 e. The van der Waals surface area contributed by atoms with E-state index in [4.69, 9.17) is 16.3 Å². The Labute approximate surface area is 199 Å². The fraction of sp³-hybridized carbons (Fsp3) is 0.136. The summed E-state index contributed by atoms with van der Waals surface area (Å²) in [5.74, 6) is 0.280. The predicted molar refractivity (Wildman–Crippen MR) is 130 cm³/mol. The Morgan fingerprint density at radius 3 is 2.33 bits per heavy atom. The Balaban J connectivity index is 1.52. The van der Waals surface area contributed by atoms with Crippen LogP contribution in [0.1, 0.15) is 21.1 Å². The lowest BCUT2D eigenvalue weighted by atomic mass is 10.2. The zero-order valence-corrected chi connectivity index (χ0v) is 20.2. The number of hydrogen-bond acceptors (Lipinski definition) is 7. The molecule has 2 aromatic carbocycles. The van der Waals surface area contributed by atoms with Crippen molar-refractivity contribution in [3.05, 3.63) is 69.8 Å². The van der Waals surface area contributed by atoms with Crippen molar-refractivity contribution in [3.63, 3.8) is 0 Å². The van der Waals surface area contributed by atoms with E-state index in [0.29, 0.717) is 32.7 Å². The second kappa shape index (κ2) is 8.97. The first-order valence-electron chi connectivity index (χ1n) is 9.69. The van der Waals surface area contributed by atoms with Crippen LogP contribution in [-0.4, -0.2) is 31.4 Å². The topological polar surface area (TPSA) is 110 Å². The maximum Gasteiger partial charge on any atom is 0.267 e. The number of aryl methyl sites for hydroxylation is 2. The van der Waals surface area contributed by atoms with Crippen molar-refractivity contribution in [2.45, 2.75) is 18.7 Å². The minimum atomic E-state index is -3.89. The second-order valence-corrected chi connectivity index (χ2v) is 10.3. The van der Waals surface area contributed by atoms with Crippen LogP contribution >= 0.6 is 22.9 Å². The summed E-state index contributed by atoms with van der Waals surface area (Å²) in [6, 6.07) is 12.9. The highest BCUT2D eigenvalue weighted by atomic mass is 35.5. The molecule has 0 atom stereocenters. The summed E-state index contributed by atoms with van der Waals surface area (Å²) < 4.78 is 33.8. The van der Waals surface area contributed by atoms with Gasteiger partial charge in [0.25, 0.3) is 15.9 Å². The predicted octanol–water partition coefficient (Wildman–Crippen LogP) is 5.02. The van der Waals surface area contributed by atoms with E-state index in [0.717, 1.165) is 10.1 Å². The first kappa shape index (κ1) is 23.0. The quantitative estimate of drug-likeness (QED) is 0.383. The first-order chi connectivity index (χ1) is 15.7. The molecule has 0 bridgehead atoms. The number of benzene rings is 2. The lowest BCUT2D eigenvalue weighted by Crippen LogP contribution is -2.16. The fourth-order valence-electron chi connectivity index (χ4n) is 3.17. The van der Waals surface area contributed by atoms with Gasteiger partial charge in [0, 0.05) is 27.2 Å². The van der Waals surface area contributed by atoms with E-state index in [1.54, 1.807) is 39.2 Å². The average Bonchev–Trinajstić information content (AvgIpc) is 3.09. The highest BCUT2D eigenvalue weighted by molar-refractivity contribution is 7.92. The normalized spacial score (nSPS) is 11.4. The number of carbonyl (C=O) groups excluding carboxylic acids is 1. The van der Waals surface area contributed by atoms with Crippen molar-refractivity contribution < 1.29 is 17.9 Å². The number of nitrogens with one attached hydrogen (secondary N) is 2. The SMILES string of the molecule is COc1ccc2c(Cl)c(C(=O)Nc3ccc(S(=O)(=O)Nc4nc(C)cc(C)n4)cc3)sc2c1. The summed E-state index contributed by atoms with van der Waals surface area (Å²) in [7, 11) is -2.33. The Bertz CT molecular complexity index is 1450. The number of methoxy groups -OCH3 is 1. The third-order valence-corrected chi connectivity index (χ3v) is 7.67. The van der Waals surface area contributed by atoms with Crippen molar-refractivity contribution in [2.24, 2.45) is 0 Å². The molecule has 0 saturated carbocycles. The van der Waals surface area contributed by atoms with Crippen LogP contribution < -0.4 is 14.8 Å². The number of hydrogen-bond donors (Lipinski definition) is 2. The Morgan fingerprint density at radius 1 is 1.03 bits per heavy atom. The second-order valence-electron chi connectivity index (χ2n) is 7.17. The number of rotatable bonds is 6. The minimum absolute atomic E-state index is 0.000846. The number of sulfonamides is 1. The third-order valence-electron chi connectivity index (χ3n) is 4.67. The van der Waals surface area contributed by atoms with E-state index in [2.05, 4.69) is 20.0 Å². The van der Waals surface area contributed by atoms with Crippen LogP contribution in [0, 0.1) is 13.8 Å². The number of halogens is 1. The summed E-state index contributed by atoms with van der Waals surface area (Å²) in [5, 5.41) is 3.86. The largest absolute Gasteiger partial charge is 0.497 e. The van der Waals surface area contributed by atoms with Gasteiger partial charge in [0.05, 0.1) is 17.0 Å². The molecule has 2 aromatic heterocycles. The summed E-state index contributed by atoms with van der Waals surface area (Å²) in [6.45, 7) is 3.51. The first-order valence-corrected chi connectivity index (χ1v) is 12.4. The van der Waals surface area contributed by atoms with Crippen molar-refractivity contribution in [3.8, 4) is 5.75 Å². The lowest BCUT2D eigenvalue weighted by molar-refractivity contribution is 0.103. The van der Waals surface area contributed by atoms with E-state index in [1.807, 2.05) is 6.07 Å². The van der Waals surface area contributed by atoms with Crippen LogP contribution in [0.2, 0.25) is 5.02 Å². The van der Waals surface area contributed by atoms with Crippen LogP contribution in [0.5, 0.6) is 5.75 Å². The van der Waals surface area contributed by atoms with Gasteiger partial charge in [0.2, 0.25) is 5.95 Å². The molecule has 4 rings (SSSR count). The van der Waals surface area contributed by atoms with Gasteiger partial charge in [0.15, 0.2) is 0 Å². The Hall–Kier alpha value is -3.21. The molecule has 8 nitrogen and oxygen atoms in total. The van der Waals surface area contributed by atoms with Gasteiger partial charge in [0.1, 0.15) is 10.6 Å². The average molecular weight is 503 g/mol. The molecule has 0 radical (unpaired) electrons. The third kappa shape index (κ3) is 4.92. The number of ether oxygens (including phenoxy) is 1. The molecule has 0 aliphatic carbocycles. The van der Waals surface area contributed by atoms with E-state index in [9.17, 15) is 13.2 Å². The van der Waals surface area contributed by atoms with Crippen molar-refractivity contribution in [1.82, 2.24) is 9.97 Å². The molecule has 0 aliphatic rings. The molecule has 0 unspecified atom stereocenters. The number of carbonyl (C=O) groups is 1. The van der Waals surface area contributed by atoms with Crippen LogP contribution in [0.15, 0.2) is 53.4 Å². The standard InChI is InChI=1S/C22H19ClN4O4S2/c1-12-10-13(2)25-22(24-12)27-33(29,30)16-7-4-14(5-8-16)26-21(28)20-19(23)17-9-6-15(31-3)11-18(17)32-20/h4-11H,1-3H3,(H,26,28)(H,24,25,27). The van der Waals surface area contributed by atoms with Crippen LogP contribution in [0.25, 0.3) is 10.1 Å². The Morgan fingerprint density at radius 2 is 1.70 bits per heavy atom. The van der Waals surface area contributed by atoms with Crippen molar-refractivity contribution >= 4 is 60.6 Å². The van der Waals surface area contributed by atoms with Crippen molar-refractivity contribution in [1.29, 1.82) is 0 Å². The highest BCUT2D eigenvalue weighted by Crippen LogP contribution is 2.37. The maximum absolute atomic E-state index is 12.8. The van der Waals surface area contributed by atoms with Gasteiger partial charge < -0.3 is 10.1 Å². The molecule has 33 heavy (non-hydrogen) atoms. The molecular weight excluding hydrogens is 484 g/mol. The fourth-order valence-corrected chi connectivity index (χ4v) is 5.56. The number of fused-ring (bicyclic) bond motifs is 1. The van der Waals surface area contributed by atoms with Gasteiger partial charge in [-0.15, -0.1) is 11.3 Å². The molecule has 4 aromatic rings. The maximum atomic E-state index is 12.8. The number of nitrogens with zero attached hydrogens (tertiary/aromatic N) is 2. The molecular formula is C22H19ClN4O4S2. The van der Waals surface area contributed by atoms with Crippen molar-refractivity contribution in [2.75, 3.05) is 17.1 Å². The molecule has 170 valence electrons. The van der Waals surface area contributed by atoms with E-state index in [-0.39, 0.29) is 10.8 Å². The highest BCUT2D eigenvalue weighted by Gasteiger charge is 2.19. The molecule has 2 N–H and O–H groups in total. The molecule has 2 heterocycles. The van der Waals surface area contributed by atoms with E-state index in [1.165, 1.54) is 35.6 Å². The summed E-state index contributed by atoms with van der Waals surface area (Å²) >= 11 is 7.66. The number of aromatic nitrogens is 2. The summed E-state index contributed by atoms with van der Waals surface area (Å²) in [4.78, 5) is 21.3. The van der Waals surface area contributed by atoms with Gasteiger partial charge in [-0.25, -0.2) is 23.1 Å². The molecule has 0 spiro atoms. The smallest absolute Gasteiger partial charge is 0.267 e. The summed E-state index contributed by atoms with van der Waals surface area (Å²) in [5.41, 5.74) is 1.72. The van der Waals surface area contributed by atoms with Crippen LogP contribution in [-0.2, 0) is 10.0 Å².